The fourth-order valence-electron chi connectivity index (χ4n) is 4.37. The molecule has 1 aliphatic heterocycles. The minimum atomic E-state index is -0.208. The third-order valence-corrected chi connectivity index (χ3v) is 6.55. The van der Waals surface area contributed by atoms with E-state index in [9.17, 15) is 9.59 Å². The van der Waals surface area contributed by atoms with Gasteiger partial charge in [0.1, 0.15) is 11.4 Å². The lowest BCUT2D eigenvalue weighted by atomic mass is 9.97. The average molecular weight is 477 g/mol. The van der Waals surface area contributed by atoms with Gasteiger partial charge < -0.3 is 19.9 Å². The number of nitrogens with zero attached hydrogens (tertiary/aromatic N) is 2. The van der Waals surface area contributed by atoms with Gasteiger partial charge in [0, 0.05) is 35.2 Å². The number of ether oxygens (including phenoxy) is 1. The van der Waals surface area contributed by atoms with Crippen molar-refractivity contribution in [2.45, 2.75) is 39.7 Å². The Labute approximate surface area is 200 Å². The Balaban J connectivity index is 1.32. The molecule has 2 aromatic heterocycles. The zero-order valence-corrected chi connectivity index (χ0v) is 19.9. The molecule has 0 saturated heterocycles. The van der Waals surface area contributed by atoms with Crippen LogP contribution in [0.4, 0.5) is 5.13 Å². The maximum Gasteiger partial charge on any atom is 0.232 e. The molecule has 0 saturated carbocycles. The summed E-state index contributed by atoms with van der Waals surface area (Å²) < 4.78 is 11.2. The summed E-state index contributed by atoms with van der Waals surface area (Å²) in [6.45, 7) is 6.06. The summed E-state index contributed by atoms with van der Waals surface area (Å²) >= 11 is 1.36. The van der Waals surface area contributed by atoms with Crippen LogP contribution in [0, 0.1) is 13.8 Å². The second kappa shape index (κ2) is 8.90. The number of fused-ring (bicyclic) bond motifs is 2. The van der Waals surface area contributed by atoms with Crippen LogP contribution in [0.15, 0.2) is 40.2 Å². The van der Waals surface area contributed by atoms with Gasteiger partial charge in [0.25, 0.3) is 0 Å². The summed E-state index contributed by atoms with van der Waals surface area (Å²) in [6, 6.07) is 9.70. The molecule has 0 aliphatic carbocycles. The third kappa shape index (κ3) is 4.38. The van der Waals surface area contributed by atoms with Crippen LogP contribution in [0.25, 0.3) is 22.2 Å². The first kappa shape index (κ1) is 22.1. The first-order chi connectivity index (χ1) is 16.4. The molecule has 1 aliphatic rings. The van der Waals surface area contributed by atoms with Crippen LogP contribution in [0.3, 0.4) is 0 Å². The second-order valence-corrected chi connectivity index (χ2v) is 9.35. The molecule has 4 aromatic rings. The van der Waals surface area contributed by atoms with Crippen LogP contribution < -0.4 is 15.4 Å². The molecule has 1 unspecified atom stereocenters. The van der Waals surface area contributed by atoms with Crippen molar-refractivity contribution in [2.24, 2.45) is 0 Å². The fourth-order valence-corrected chi connectivity index (χ4v) is 5.11. The fraction of sp³-hybridized carbons (Fsp3) is 0.280. The van der Waals surface area contributed by atoms with Gasteiger partial charge in [-0.1, -0.05) is 11.2 Å². The molecule has 5 rings (SSSR count). The molecule has 0 fully saturated rings. The molecule has 0 bridgehead atoms. The Morgan fingerprint density at radius 1 is 1.21 bits per heavy atom. The summed E-state index contributed by atoms with van der Waals surface area (Å²) in [5, 5.41) is 13.2. The second-order valence-electron chi connectivity index (χ2n) is 8.49. The Hall–Kier alpha value is -3.72. The number of nitrogens with one attached hydrogen (secondary N) is 2. The highest BCUT2D eigenvalue weighted by atomic mass is 32.1. The maximum atomic E-state index is 12.7. The topological polar surface area (TPSA) is 106 Å². The van der Waals surface area contributed by atoms with Gasteiger partial charge in [-0.05, 0) is 49.2 Å². The van der Waals surface area contributed by atoms with Crippen LogP contribution in [-0.4, -0.2) is 28.6 Å². The van der Waals surface area contributed by atoms with Crippen LogP contribution in [0.5, 0.6) is 5.75 Å². The summed E-state index contributed by atoms with van der Waals surface area (Å²) in [7, 11) is 0. The molecule has 1 atom stereocenters. The third-order valence-electron chi connectivity index (χ3n) is 5.79. The number of carbonyl (C=O) groups excluding carboxylic acids is 2. The molecule has 2 aromatic carbocycles. The molecule has 174 valence electrons. The quantitative estimate of drug-likeness (QED) is 0.432. The normalized spacial score (nSPS) is 15.0. The highest BCUT2D eigenvalue weighted by Gasteiger charge is 2.23. The lowest BCUT2D eigenvalue weighted by Gasteiger charge is -2.26. The Morgan fingerprint density at radius 2 is 2.06 bits per heavy atom. The van der Waals surface area contributed by atoms with Crippen molar-refractivity contribution in [1.29, 1.82) is 0 Å². The van der Waals surface area contributed by atoms with E-state index in [2.05, 4.69) is 20.8 Å². The van der Waals surface area contributed by atoms with Crippen LogP contribution >= 0.6 is 11.3 Å². The number of aryl methyl sites for hydroxylation is 2. The van der Waals surface area contributed by atoms with Crippen molar-refractivity contribution in [3.8, 4) is 17.0 Å². The van der Waals surface area contributed by atoms with Crippen LogP contribution in [-0.2, 0) is 16.0 Å². The molecule has 34 heavy (non-hydrogen) atoms. The molecule has 9 heteroatoms. The number of benzene rings is 2. The van der Waals surface area contributed by atoms with E-state index < -0.39 is 0 Å². The van der Waals surface area contributed by atoms with Crippen molar-refractivity contribution in [3.05, 3.63) is 58.1 Å². The van der Waals surface area contributed by atoms with Crippen LogP contribution in [0.2, 0.25) is 0 Å². The van der Waals surface area contributed by atoms with E-state index >= 15 is 0 Å². The standard InChI is InChI=1S/C25H24N4O4S/c1-13-8-14(2)24-19(29-33-22(24)9-13)11-23(31)28-25-27-20(12-34-25)16-4-5-21-17(10-16)18(6-7-32-21)26-15(3)30/h4-5,8-10,12,18H,6-7,11H2,1-3H3,(H,26,30)(H,27,28,31). The summed E-state index contributed by atoms with van der Waals surface area (Å²) in [4.78, 5) is 28.9. The number of anilines is 1. The van der Waals surface area contributed by atoms with Crippen molar-refractivity contribution in [3.63, 3.8) is 0 Å². The zero-order chi connectivity index (χ0) is 23.8. The lowest BCUT2D eigenvalue weighted by molar-refractivity contribution is -0.120. The molecule has 0 spiro atoms. The smallest absolute Gasteiger partial charge is 0.232 e. The first-order valence-electron chi connectivity index (χ1n) is 11.0. The van der Waals surface area contributed by atoms with Gasteiger partial charge in [-0.3, -0.25) is 9.59 Å². The predicted octanol–water partition coefficient (Wildman–Crippen LogP) is 4.71. The number of amides is 2. The van der Waals surface area contributed by atoms with E-state index in [4.69, 9.17) is 9.26 Å². The van der Waals surface area contributed by atoms with E-state index in [-0.39, 0.29) is 24.3 Å². The zero-order valence-electron chi connectivity index (χ0n) is 19.1. The molecule has 0 radical (unpaired) electrons. The van der Waals surface area contributed by atoms with E-state index in [1.807, 2.05) is 49.6 Å². The molecular formula is C25H24N4O4S. The molecule has 3 heterocycles. The Bertz CT molecular complexity index is 1410. The summed E-state index contributed by atoms with van der Waals surface area (Å²) in [6.07, 6.45) is 0.810. The molecule has 8 nitrogen and oxygen atoms in total. The van der Waals surface area contributed by atoms with Crippen molar-refractivity contribution < 1.29 is 18.8 Å². The lowest BCUT2D eigenvalue weighted by Crippen LogP contribution is -2.30. The predicted molar refractivity (Wildman–Crippen MR) is 130 cm³/mol. The van der Waals surface area contributed by atoms with Gasteiger partial charge >= 0.3 is 0 Å². The summed E-state index contributed by atoms with van der Waals surface area (Å²) in [5.74, 6) is 0.482. The average Bonchev–Trinajstić information content (AvgIpc) is 3.40. The van der Waals surface area contributed by atoms with Gasteiger partial charge in [0.2, 0.25) is 11.8 Å². The van der Waals surface area contributed by atoms with Gasteiger partial charge in [-0.2, -0.15) is 0 Å². The number of hydrogen-bond donors (Lipinski definition) is 2. The SMILES string of the molecule is CC(=O)NC1CCOc2ccc(-c3csc(NC(=O)Cc4noc5cc(C)cc(C)c45)n3)cc21. The summed E-state index contributed by atoms with van der Waals surface area (Å²) in [5.41, 5.74) is 5.99. The molecule has 2 amide bonds. The monoisotopic (exact) mass is 476 g/mol. The molecule has 2 N–H and O–H groups in total. The van der Waals surface area contributed by atoms with E-state index in [1.54, 1.807) is 0 Å². The highest BCUT2D eigenvalue weighted by molar-refractivity contribution is 7.14. The van der Waals surface area contributed by atoms with Gasteiger partial charge in [0.05, 0.1) is 24.8 Å². The maximum absolute atomic E-state index is 12.7. The van der Waals surface area contributed by atoms with Gasteiger partial charge in [0.15, 0.2) is 10.7 Å². The number of hydrogen-bond acceptors (Lipinski definition) is 7. The van der Waals surface area contributed by atoms with E-state index in [0.29, 0.717) is 29.4 Å². The van der Waals surface area contributed by atoms with Crippen molar-refractivity contribution >= 4 is 39.3 Å². The number of rotatable bonds is 5. The van der Waals surface area contributed by atoms with Crippen LogP contribution in [0.1, 0.15) is 41.8 Å². The number of aromatic nitrogens is 2. The first-order valence-corrected chi connectivity index (χ1v) is 11.9. The van der Waals surface area contributed by atoms with Gasteiger partial charge in [-0.25, -0.2) is 4.98 Å². The Morgan fingerprint density at radius 3 is 2.88 bits per heavy atom. The largest absolute Gasteiger partial charge is 0.493 e. The van der Waals surface area contributed by atoms with Crippen molar-refractivity contribution in [1.82, 2.24) is 15.5 Å². The Kier molecular flexibility index (Phi) is 5.79. The minimum absolute atomic E-state index is 0.0767. The van der Waals surface area contributed by atoms with E-state index in [0.717, 1.165) is 39.1 Å². The number of carbonyl (C=O) groups is 2. The number of thiazole rings is 1. The van der Waals surface area contributed by atoms with Gasteiger partial charge in [-0.15, -0.1) is 11.3 Å². The highest BCUT2D eigenvalue weighted by Crippen LogP contribution is 2.36. The van der Waals surface area contributed by atoms with E-state index in [1.165, 1.54) is 18.3 Å². The molecular weight excluding hydrogens is 452 g/mol. The minimum Gasteiger partial charge on any atom is -0.493 e. The van der Waals surface area contributed by atoms with Crippen molar-refractivity contribution in [2.75, 3.05) is 11.9 Å².